The second-order valence-corrected chi connectivity index (χ2v) is 8.01. The van der Waals surface area contributed by atoms with Gasteiger partial charge in [0.05, 0.1) is 5.75 Å². The van der Waals surface area contributed by atoms with Crippen molar-refractivity contribution in [1.82, 2.24) is 0 Å². The molecule has 1 rings (SSSR count). The molecule has 0 atom stereocenters. The summed E-state index contributed by atoms with van der Waals surface area (Å²) < 4.78 is 30.2. The van der Waals surface area contributed by atoms with E-state index in [1.54, 1.807) is 0 Å². The summed E-state index contributed by atoms with van der Waals surface area (Å²) in [5.41, 5.74) is 1.18. The van der Waals surface area contributed by atoms with Gasteiger partial charge in [-0.15, -0.1) is 23.5 Å². The minimum absolute atomic E-state index is 0.260. The van der Waals surface area contributed by atoms with Gasteiger partial charge in [0.25, 0.3) is 10.1 Å². The lowest BCUT2D eigenvalue weighted by Gasteiger charge is -2.02. The van der Waals surface area contributed by atoms with Crippen molar-refractivity contribution < 1.29 is 13.0 Å². The van der Waals surface area contributed by atoms with Gasteiger partial charge in [0.1, 0.15) is 3.53 Å². The van der Waals surface area contributed by atoms with Gasteiger partial charge < -0.3 is 0 Å². The fourth-order valence-electron chi connectivity index (χ4n) is 0.988. The van der Waals surface area contributed by atoms with Crippen molar-refractivity contribution in [2.45, 2.75) is 5.75 Å². The summed E-state index contributed by atoms with van der Waals surface area (Å²) in [4.78, 5) is 0. The molecule has 0 aromatic heterocycles. The van der Waals surface area contributed by atoms with Crippen molar-refractivity contribution in [2.75, 3.05) is 11.5 Å². The molecule has 0 aliphatic carbocycles. The first-order valence-corrected chi connectivity index (χ1v) is 8.75. The molecular weight excluding hydrogens is 296 g/mol. The van der Waals surface area contributed by atoms with Crippen LogP contribution in [-0.4, -0.2) is 28.0 Å². The summed E-state index contributed by atoms with van der Waals surface area (Å²) in [6.45, 7) is 0. The first-order chi connectivity index (χ1) is 7.97. The van der Waals surface area contributed by atoms with Crippen molar-refractivity contribution >= 4 is 49.4 Å². The van der Waals surface area contributed by atoms with E-state index in [0.29, 0.717) is 9.28 Å². The Morgan fingerprint density at radius 2 is 1.88 bits per heavy atom. The van der Waals surface area contributed by atoms with Gasteiger partial charge in [0.2, 0.25) is 0 Å². The molecule has 0 unspecified atom stereocenters. The Bertz CT molecular complexity index is 456. The van der Waals surface area contributed by atoms with Crippen molar-refractivity contribution in [2.24, 2.45) is 0 Å². The molecule has 3 nitrogen and oxygen atoms in total. The molecule has 1 aromatic rings. The maximum atomic E-state index is 10.5. The van der Waals surface area contributed by atoms with Crippen LogP contribution in [0.15, 0.2) is 30.3 Å². The van der Waals surface area contributed by atoms with Crippen LogP contribution in [0.25, 0.3) is 0 Å². The van der Waals surface area contributed by atoms with Crippen molar-refractivity contribution in [3.63, 3.8) is 0 Å². The second-order valence-electron chi connectivity index (χ2n) is 3.16. The monoisotopic (exact) mass is 308 g/mol. The van der Waals surface area contributed by atoms with E-state index >= 15 is 0 Å². The highest BCUT2D eigenvalue weighted by Gasteiger charge is 2.06. The van der Waals surface area contributed by atoms with Crippen LogP contribution in [0.1, 0.15) is 5.56 Å². The zero-order valence-electron chi connectivity index (χ0n) is 8.90. The molecule has 0 spiro atoms. The van der Waals surface area contributed by atoms with Gasteiger partial charge in [-0.2, -0.15) is 8.42 Å². The van der Waals surface area contributed by atoms with Crippen LogP contribution in [0.4, 0.5) is 0 Å². The maximum Gasteiger partial charge on any atom is 0.265 e. The SMILES string of the molecule is O=S(=O)(O)CCSC(=S)SCc1ccccc1. The highest BCUT2D eigenvalue weighted by atomic mass is 32.2. The average Bonchev–Trinajstić information content (AvgIpc) is 2.26. The van der Waals surface area contributed by atoms with E-state index in [1.807, 2.05) is 30.3 Å². The van der Waals surface area contributed by atoms with E-state index in [9.17, 15) is 8.42 Å². The summed E-state index contributed by atoms with van der Waals surface area (Å²) in [6, 6.07) is 9.90. The molecule has 94 valence electrons. The van der Waals surface area contributed by atoms with Crippen LogP contribution in [0, 0.1) is 0 Å². The Morgan fingerprint density at radius 3 is 2.47 bits per heavy atom. The predicted octanol–water partition coefficient (Wildman–Crippen LogP) is 2.83. The summed E-state index contributed by atoms with van der Waals surface area (Å²) in [7, 11) is -3.88. The molecule has 0 aliphatic rings. The zero-order chi connectivity index (χ0) is 12.7. The van der Waals surface area contributed by atoms with Gasteiger partial charge in [-0.25, -0.2) is 0 Å². The smallest absolute Gasteiger partial charge is 0.265 e. The quantitative estimate of drug-likeness (QED) is 0.667. The summed E-state index contributed by atoms with van der Waals surface area (Å²) in [5, 5.41) is 0. The topological polar surface area (TPSA) is 54.4 Å². The standard InChI is InChI=1S/C10H12O3S4/c11-17(12,13)7-6-15-10(14)16-8-9-4-2-1-3-5-9/h1-5H,6-8H2,(H,11,12,13). The summed E-state index contributed by atoms with van der Waals surface area (Å²) >= 11 is 7.87. The highest BCUT2D eigenvalue weighted by molar-refractivity contribution is 8.47. The number of thiocarbonyl (C=S) groups is 1. The van der Waals surface area contributed by atoms with Crippen molar-refractivity contribution in [3.8, 4) is 0 Å². The van der Waals surface area contributed by atoms with E-state index in [0.717, 1.165) is 5.75 Å². The molecule has 0 bridgehead atoms. The van der Waals surface area contributed by atoms with Crippen molar-refractivity contribution in [1.29, 1.82) is 0 Å². The average molecular weight is 308 g/mol. The van der Waals surface area contributed by atoms with Crippen LogP contribution in [-0.2, 0) is 15.9 Å². The van der Waals surface area contributed by atoms with Crippen LogP contribution >= 0.6 is 35.7 Å². The Balaban J connectivity index is 2.22. The van der Waals surface area contributed by atoms with E-state index in [4.69, 9.17) is 16.8 Å². The molecule has 17 heavy (non-hydrogen) atoms. The molecule has 0 radical (unpaired) electrons. The van der Waals surface area contributed by atoms with E-state index in [2.05, 4.69) is 0 Å². The molecule has 0 amide bonds. The van der Waals surface area contributed by atoms with Gasteiger partial charge in [-0.1, -0.05) is 42.5 Å². The van der Waals surface area contributed by atoms with Crippen LogP contribution in [0.3, 0.4) is 0 Å². The maximum absolute atomic E-state index is 10.5. The van der Waals surface area contributed by atoms with E-state index in [-0.39, 0.29) is 5.75 Å². The molecule has 0 fully saturated rings. The van der Waals surface area contributed by atoms with E-state index in [1.165, 1.54) is 29.1 Å². The second kappa shape index (κ2) is 7.38. The number of benzene rings is 1. The summed E-state index contributed by atoms with van der Waals surface area (Å²) in [5.74, 6) is 0.807. The third-order valence-electron chi connectivity index (χ3n) is 1.76. The van der Waals surface area contributed by atoms with Gasteiger partial charge in [-0.05, 0) is 5.56 Å². The van der Waals surface area contributed by atoms with Gasteiger partial charge in [0.15, 0.2) is 0 Å². The summed E-state index contributed by atoms with van der Waals surface area (Å²) in [6.07, 6.45) is 0. The van der Waals surface area contributed by atoms with Gasteiger partial charge in [-0.3, -0.25) is 4.55 Å². The predicted molar refractivity (Wildman–Crippen MR) is 79.2 cm³/mol. The van der Waals surface area contributed by atoms with Crippen LogP contribution in [0.2, 0.25) is 0 Å². The molecule has 0 saturated heterocycles. The third kappa shape index (κ3) is 7.77. The van der Waals surface area contributed by atoms with Crippen molar-refractivity contribution in [3.05, 3.63) is 35.9 Å². The molecule has 1 N–H and O–H groups in total. The number of thioether (sulfide) groups is 2. The molecule has 1 aromatic carbocycles. The molecule has 0 saturated carbocycles. The normalized spacial score (nSPS) is 11.4. The van der Waals surface area contributed by atoms with Gasteiger partial charge in [0, 0.05) is 11.5 Å². The first-order valence-electron chi connectivity index (χ1n) is 4.76. The number of hydrogen-bond donors (Lipinski definition) is 1. The van der Waals surface area contributed by atoms with Gasteiger partial charge >= 0.3 is 0 Å². The largest absolute Gasteiger partial charge is 0.286 e. The lowest BCUT2D eigenvalue weighted by atomic mass is 10.2. The third-order valence-corrected chi connectivity index (χ3v) is 5.51. The Hall–Kier alpha value is -0.0800. The Kier molecular flexibility index (Phi) is 6.50. The molecule has 0 heterocycles. The molecular formula is C10H12O3S4. The molecule has 0 aliphatic heterocycles. The lowest BCUT2D eigenvalue weighted by Crippen LogP contribution is -2.06. The van der Waals surface area contributed by atoms with E-state index < -0.39 is 10.1 Å². The fourth-order valence-corrected chi connectivity index (χ4v) is 3.99. The zero-order valence-corrected chi connectivity index (χ0v) is 12.2. The lowest BCUT2D eigenvalue weighted by molar-refractivity contribution is 0.485. The fraction of sp³-hybridized carbons (Fsp3) is 0.300. The number of rotatable bonds is 5. The first kappa shape index (κ1) is 15.0. The minimum atomic E-state index is -3.88. The van der Waals surface area contributed by atoms with Crippen LogP contribution < -0.4 is 0 Å². The Labute approximate surface area is 115 Å². The molecule has 7 heteroatoms. The number of hydrogen-bond acceptors (Lipinski definition) is 5. The highest BCUT2D eigenvalue weighted by Crippen LogP contribution is 2.21. The van der Waals surface area contributed by atoms with Crippen LogP contribution in [0.5, 0.6) is 0 Å². The Morgan fingerprint density at radius 1 is 1.24 bits per heavy atom. The minimum Gasteiger partial charge on any atom is -0.286 e.